The minimum Gasteiger partial charge on any atom is -0.469 e. The summed E-state index contributed by atoms with van der Waals surface area (Å²) in [6, 6.07) is 0. The second-order valence-electron chi connectivity index (χ2n) is 6.62. The highest BCUT2D eigenvalue weighted by molar-refractivity contribution is 5.72. The van der Waals surface area contributed by atoms with Crippen molar-refractivity contribution in [1.82, 2.24) is 5.32 Å². The molecule has 1 saturated carbocycles. The Balaban J connectivity index is 2.36. The number of methoxy groups -OCH3 is 1. The number of hydrogen-bond donors (Lipinski definition) is 1. The van der Waals surface area contributed by atoms with Crippen LogP contribution in [0.5, 0.6) is 0 Å². The first-order chi connectivity index (χ1) is 8.38. The van der Waals surface area contributed by atoms with Gasteiger partial charge >= 0.3 is 5.97 Å². The Morgan fingerprint density at radius 2 is 2.00 bits per heavy atom. The molecule has 0 radical (unpaired) electrons. The van der Waals surface area contributed by atoms with E-state index in [1.807, 2.05) is 0 Å². The Bertz CT molecular complexity index is 270. The third-order valence-corrected chi connectivity index (χ3v) is 4.46. The fraction of sp³-hybridized carbons (Fsp3) is 0.933. The third kappa shape index (κ3) is 3.98. The standard InChI is InChI=1S/C15H29NO2/c1-11(2)13(14(17)18-5)9-16-10-15(3,4)12-7-6-8-12/h11-13,16H,6-10H2,1-5H3. The summed E-state index contributed by atoms with van der Waals surface area (Å²) in [6.07, 6.45) is 4.10. The van der Waals surface area contributed by atoms with Crippen LogP contribution in [0.3, 0.4) is 0 Å². The van der Waals surface area contributed by atoms with Crippen molar-refractivity contribution in [3.8, 4) is 0 Å². The highest BCUT2D eigenvalue weighted by atomic mass is 16.5. The molecule has 0 saturated heterocycles. The van der Waals surface area contributed by atoms with Gasteiger partial charge in [0.1, 0.15) is 0 Å². The molecule has 0 aromatic heterocycles. The Labute approximate surface area is 112 Å². The van der Waals surface area contributed by atoms with E-state index in [2.05, 4.69) is 33.0 Å². The van der Waals surface area contributed by atoms with Gasteiger partial charge in [0.2, 0.25) is 0 Å². The lowest BCUT2D eigenvalue weighted by atomic mass is 9.67. The summed E-state index contributed by atoms with van der Waals surface area (Å²) in [5, 5.41) is 3.47. The van der Waals surface area contributed by atoms with Gasteiger partial charge in [-0.2, -0.15) is 0 Å². The van der Waals surface area contributed by atoms with Crippen LogP contribution in [-0.4, -0.2) is 26.2 Å². The summed E-state index contributed by atoms with van der Waals surface area (Å²) in [6.45, 7) is 10.5. The van der Waals surface area contributed by atoms with Gasteiger partial charge in [0.25, 0.3) is 0 Å². The lowest BCUT2D eigenvalue weighted by molar-refractivity contribution is -0.146. The number of carbonyl (C=O) groups excluding carboxylic acids is 1. The first-order valence-corrected chi connectivity index (χ1v) is 7.17. The molecule has 0 aromatic carbocycles. The molecule has 1 rings (SSSR count). The molecule has 1 unspecified atom stereocenters. The SMILES string of the molecule is COC(=O)C(CNCC(C)(C)C1CCC1)C(C)C. The minimum absolute atomic E-state index is 0.0350. The normalized spacial score (nSPS) is 18.6. The largest absolute Gasteiger partial charge is 0.469 e. The molecule has 1 fully saturated rings. The summed E-state index contributed by atoms with van der Waals surface area (Å²) >= 11 is 0. The first kappa shape index (κ1) is 15.5. The maximum absolute atomic E-state index is 11.6. The van der Waals surface area contributed by atoms with Crippen molar-refractivity contribution >= 4 is 5.97 Å². The van der Waals surface area contributed by atoms with E-state index < -0.39 is 0 Å². The summed E-state index contributed by atoms with van der Waals surface area (Å²) in [5.41, 5.74) is 0.343. The fourth-order valence-corrected chi connectivity index (χ4v) is 2.63. The van der Waals surface area contributed by atoms with Crippen molar-refractivity contribution in [2.75, 3.05) is 20.2 Å². The van der Waals surface area contributed by atoms with Crippen LogP contribution in [0.15, 0.2) is 0 Å². The number of nitrogens with one attached hydrogen (secondary N) is 1. The van der Waals surface area contributed by atoms with Gasteiger partial charge in [0.15, 0.2) is 0 Å². The van der Waals surface area contributed by atoms with Crippen LogP contribution in [0.25, 0.3) is 0 Å². The van der Waals surface area contributed by atoms with Crippen LogP contribution in [0.4, 0.5) is 0 Å². The Hall–Kier alpha value is -0.570. The molecule has 18 heavy (non-hydrogen) atoms. The van der Waals surface area contributed by atoms with Gasteiger partial charge in [-0.1, -0.05) is 34.1 Å². The Morgan fingerprint density at radius 1 is 1.39 bits per heavy atom. The molecule has 0 bridgehead atoms. The van der Waals surface area contributed by atoms with E-state index in [9.17, 15) is 4.79 Å². The molecule has 3 heteroatoms. The van der Waals surface area contributed by atoms with Gasteiger partial charge in [0, 0.05) is 13.1 Å². The van der Waals surface area contributed by atoms with Gasteiger partial charge in [-0.15, -0.1) is 0 Å². The predicted octanol–water partition coefficient (Wildman–Crippen LogP) is 2.85. The zero-order chi connectivity index (χ0) is 13.8. The number of hydrogen-bond acceptors (Lipinski definition) is 3. The minimum atomic E-state index is -0.0982. The molecule has 1 aliphatic carbocycles. The van der Waals surface area contributed by atoms with Gasteiger partial charge < -0.3 is 10.1 Å². The van der Waals surface area contributed by atoms with E-state index in [1.54, 1.807) is 0 Å². The fourth-order valence-electron chi connectivity index (χ4n) is 2.63. The van der Waals surface area contributed by atoms with Crippen molar-refractivity contribution < 1.29 is 9.53 Å². The van der Waals surface area contributed by atoms with E-state index >= 15 is 0 Å². The molecule has 0 spiro atoms. The van der Waals surface area contributed by atoms with Crippen LogP contribution >= 0.6 is 0 Å². The first-order valence-electron chi connectivity index (χ1n) is 7.17. The summed E-state index contributed by atoms with van der Waals surface area (Å²) < 4.78 is 4.86. The average molecular weight is 255 g/mol. The maximum atomic E-state index is 11.6. The molecule has 0 aliphatic heterocycles. The van der Waals surface area contributed by atoms with Gasteiger partial charge in [-0.3, -0.25) is 4.79 Å². The molecule has 1 N–H and O–H groups in total. The quantitative estimate of drug-likeness (QED) is 0.711. The summed E-state index contributed by atoms with van der Waals surface area (Å²) in [7, 11) is 1.47. The van der Waals surface area contributed by atoms with Crippen LogP contribution in [0.1, 0.15) is 47.0 Å². The van der Waals surface area contributed by atoms with E-state index in [4.69, 9.17) is 4.74 Å². The highest BCUT2D eigenvalue weighted by Gasteiger charge is 2.34. The molecular weight excluding hydrogens is 226 g/mol. The van der Waals surface area contributed by atoms with E-state index in [0.717, 1.165) is 19.0 Å². The molecule has 0 heterocycles. The Kier molecular flexibility index (Phi) is 5.64. The Morgan fingerprint density at radius 3 is 2.39 bits per heavy atom. The second kappa shape index (κ2) is 6.55. The molecule has 1 aliphatic rings. The zero-order valence-corrected chi connectivity index (χ0v) is 12.6. The van der Waals surface area contributed by atoms with Gasteiger partial charge in [-0.05, 0) is 30.1 Å². The zero-order valence-electron chi connectivity index (χ0n) is 12.6. The number of ether oxygens (including phenoxy) is 1. The van der Waals surface area contributed by atoms with Crippen molar-refractivity contribution in [3.63, 3.8) is 0 Å². The number of rotatable bonds is 7. The number of esters is 1. The predicted molar refractivity (Wildman–Crippen MR) is 74.3 cm³/mol. The maximum Gasteiger partial charge on any atom is 0.310 e. The van der Waals surface area contributed by atoms with Crippen molar-refractivity contribution in [3.05, 3.63) is 0 Å². The third-order valence-electron chi connectivity index (χ3n) is 4.46. The molecular formula is C15H29NO2. The summed E-state index contributed by atoms with van der Waals surface area (Å²) in [5.74, 6) is 1.03. The van der Waals surface area contributed by atoms with E-state index in [0.29, 0.717) is 11.3 Å². The van der Waals surface area contributed by atoms with E-state index in [1.165, 1.54) is 26.4 Å². The van der Waals surface area contributed by atoms with E-state index in [-0.39, 0.29) is 11.9 Å². The highest BCUT2D eigenvalue weighted by Crippen LogP contribution is 2.41. The van der Waals surface area contributed by atoms with Crippen LogP contribution in [0, 0.1) is 23.2 Å². The smallest absolute Gasteiger partial charge is 0.310 e. The molecule has 3 nitrogen and oxygen atoms in total. The van der Waals surface area contributed by atoms with Crippen LogP contribution in [0.2, 0.25) is 0 Å². The second-order valence-corrected chi connectivity index (χ2v) is 6.62. The van der Waals surface area contributed by atoms with Crippen molar-refractivity contribution in [2.45, 2.75) is 47.0 Å². The molecule has 0 aromatic rings. The topological polar surface area (TPSA) is 38.3 Å². The van der Waals surface area contributed by atoms with Crippen molar-refractivity contribution in [1.29, 1.82) is 0 Å². The molecule has 1 atom stereocenters. The molecule has 106 valence electrons. The van der Waals surface area contributed by atoms with Crippen molar-refractivity contribution in [2.24, 2.45) is 23.2 Å². The molecule has 0 amide bonds. The number of carbonyl (C=O) groups is 1. The average Bonchev–Trinajstić information content (AvgIpc) is 2.19. The lowest BCUT2D eigenvalue weighted by Gasteiger charge is -2.41. The van der Waals surface area contributed by atoms with Crippen LogP contribution < -0.4 is 5.32 Å². The van der Waals surface area contributed by atoms with Gasteiger partial charge in [0.05, 0.1) is 13.0 Å². The van der Waals surface area contributed by atoms with Crippen LogP contribution in [-0.2, 0) is 9.53 Å². The monoisotopic (exact) mass is 255 g/mol. The lowest BCUT2D eigenvalue weighted by Crippen LogP contribution is -2.42. The van der Waals surface area contributed by atoms with Gasteiger partial charge in [-0.25, -0.2) is 0 Å². The summed E-state index contributed by atoms with van der Waals surface area (Å²) in [4.78, 5) is 11.6.